The quantitative estimate of drug-likeness (QED) is 0.382. The number of rotatable bonds is 8. The number of aromatic nitrogens is 4. The molecule has 1 amide bonds. The summed E-state index contributed by atoms with van der Waals surface area (Å²) in [6, 6.07) is 8.38. The molecule has 0 fully saturated rings. The molecule has 182 valence electrons. The number of carbonyl (C=O) groups is 3. The maximum Gasteiger partial charge on any atom is 0.306 e. The van der Waals surface area contributed by atoms with E-state index in [0.29, 0.717) is 47.7 Å². The highest BCUT2D eigenvalue weighted by molar-refractivity contribution is 5.98. The molecule has 3 aromatic rings. The lowest BCUT2D eigenvalue weighted by Gasteiger charge is -2.18. The number of aryl methyl sites for hydroxylation is 3. The van der Waals surface area contributed by atoms with Crippen LogP contribution in [0.4, 0.5) is 5.82 Å². The summed E-state index contributed by atoms with van der Waals surface area (Å²) in [4.78, 5) is 45.6. The highest BCUT2D eigenvalue weighted by Crippen LogP contribution is 2.31. The number of carbonyl (C=O) groups excluding carboxylic acids is 3. The molecule has 0 saturated carbocycles. The number of ether oxygens (including phenoxy) is 3. The Morgan fingerprint density at radius 2 is 1.66 bits per heavy atom. The Morgan fingerprint density at radius 3 is 2.40 bits per heavy atom. The van der Waals surface area contributed by atoms with Gasteiger partial charge in [0.15, 0.2) is 23.9 Å². The van der Waals surface area contributed by atoms with Crippen molar-refractivity contribution in [2.45, 2.75) is 33.6 Å². The third-order valence-corrected chi connectivity index (χ3v) is 5.04. The molecule has 0 bridgehead atoms. The largest absolute Gasteiger partial charge is 0.486 e. The zero-order chi connectivity index (χ0) is 24.9. The van der Waals surface area contributed by atoms with Gasteiger partial charge in [-0.15, -0.1) is 0 Å². The molecule has 0 atom stereocenters. The Balaban J connectivity index is 1.28. The minimum Gasteiger partial charge on any atom is -0.486 e. The number of ketones is 1. The Labute approximate surface area is 201 Å². The Kier molecular flexibility index (Phi) is 7.04. The van der Waals surface area contributed by atoms with Gasteiger partial charge in [0.2, 0.25) is 0 Å². The van der Waals surface area contributed by atoms with Crippen LogP contribution in [0.15, 0.2) is 30.3 Å². The van der Waals surface area contributed by atoms with Gasteiger partial charge < -0.3 is 19.5 Å². The standard InChI is InChI=1S/C24H25N5O6/c1-14-10-15(2)26-24(25-14)29-21(11-16(3)28-29)27-22(31)13-35-23(32)7-5-18(30)17-4-6-19-20(12-17)34-9-8-33-19/h4,6,10-12H,5,7-9,13H2,1-3H3,(H,27,31). The molecule has 1 aliphatic heterocycles. The van der Waals surface area contributed by atoms with Gasteiger partial charge in [0.1, 0.15) is 19.0 Å². The van der Waals surface area contributed by atoms with E-state index < -0.39 is 18.5 Å². The first-order valence-corrected chi connectivity index (χ1v) is 11.1. The zero-order valence-corrected chi connectivity index (χ0v) is 19.7. The van der Waals surface area contributed by atoms with Crippen molar-refractivity contribution in [3.63, 3.8) is 0 Å². The summed E-state index contributed by atoms with van der Waals surface area (Å²) in [6.45, 7) is 5.82. The summed E-state index contributed by atoms with van der Waals surface area (Å²) in [7, 11) is 0. The van der Waals surface area contributed by atoms with E-state index in [2.05, 4.69) is 20.4 Å². The second-order valence-electron chi connectivity index (χ2n) is 8.02. The van der Waals surface area contributed by atoms with Crippen molar-refractivity contribution in [3.05, 3.63) is 53.0 Å². The molecule has 11 heteroatoms. The Bertz CT molecular complexity index is 1270. The minimum absolute atomic E-state index is 0.0594. The topological polar surface area (TPSA) is 135 Å². The maximum atomic E-state index is 12.4. The molecular weight excluding hydrogens is 454 g/mol. The van der Waals surface area contributed by atoms with E-state index in [0.717, 1.165) is 11.4 Å². The second-order valence-corrected chi connectivity index (χ2v) is 8.02. The van der Waals surface area contributed by atoms with Gasteiger partial charge in [-0.2, -0.15) is 9.78 Å². The number of anilines is 1. The summed E-state index contributed by atoms with van der Waals surface area (Å²) < 4.78 is 17.4. The van der Waals surface area contributed by atoms with Crippen molar-refractivity contribution >= 4 is 23.5 Å². The van der Waals surface area contributed by atoms with Gasteiger partial charge in [-0.3, -0.25) is 14.4 Å². The first kappa shape index (κ1) is 23.9. The van der Waals surface area contributed by atoms with Gasteiger partial charge in [-0.1, -0.05) is 0 Å². The normalized spacial score (nSPS) is 12.2. The highest BCUT2D eigenvalue weighted by Gasteiger charge is 2.18. The first-order chi connectivity index (χ1) is 16.8. The van der Waals surface area contributed by atoms with Crippen LogP contribution in [-0.4, -0.2) is 57.2 Å². The van der Waals surface area contributed by atoms with Crippen LogP contribution in [0.25, 0.3) is 5.95 Å². The van der Waals surface area contributed by atoms with Gasteiger partial charge in [0.05, 0.1) is 12.1 Å². The summed E-state index contributed by atoms with van der Waals surface area (Å²) in [5.74, 6) is 0.301. The van der Waals surface area contributed by atoms with E-state index in [1.54, 1.807) is 31.2 Å². The Hall–Kier alpha value is -4.28. The van der Waals surface area contributed by atoms with Crippen molar-refractivity contribution in [2.75, 3.05) is 25.1 Å². The molecule has 11 nitrogen and oxygen atoms in total. The van der Waals surface area contributed by atoms with Crippen molar-refractivity contribution in [2.24, 2.45) is 0 Å². The lowest BCUT2D eigenvalue weighted by Crippen LogP contribution is -2.23. The molecule has 0 aliphatic carbocycles. The summed E-state index contributed by atoms with van der Waals surface area (Å²) in [5, 5.41) is 6.99. The first-order valence-electron chi connectivity index (χ1n) is 11.1. The molecule has 1 aliphatic rings. The molecule has 1 N–H and O–H groups in total. The molecule has 0 saturated heterocycles. The average Bonchev–Trinajstić information content (AvgIpc) is 3.20. The van der Waals surface area contributed by atoms with Gasteiger partial charge in [0, 0.05) is 29.4 Å². The fraction of sp³-hybridized carbons (Fsp3) is 0.333. The molecule has 35 heavy (non-hydrogen) atoms. The molecular formula is C24H25N5O6. The van der Waals surface area contributed by atoms with Crippen LogP contribution in [-0.2, 0) is 14.3 Å². The van der Waals surface area contributed by atoms with Crippen LogP contribution in [0.1, 0.15) is 40.3 Å². The number of esters is 1. The molecule has 0 radical (unpaired) electrons. The molecule has 1 aromatic carbocycles. The van der Waals surface area contributed by atoms with Crippen LogP contribution >= 0.6 is 0 Å². The number of nitrogens with zero attached hydrogens (tertiary/aromatic N) is 4. The van der Waals surface area contributed by atoms with Crippen molar-refractivity contribution in [1.82, 2.24) is 19.7 Å². The van der Waals surface area contributed by atoms with E-state index in [-0.39, 0.29) is 18.6 Å². The molecule has 4 rings (SSSR count). The van der Waals surface area contributed by atoms with Gasteiger partial charge in [-0.05, 0) is 45.0 Å². The van der Waals surface area contributed by atoms with Crippen molar-refractivity contribution in [3.8, 4) is 17.4 Å². The molecule has 0 unspecified atom stereocenters. The van der Waals surface area contributed by atoms with E-state index in [4.69, 9.17) is 14.2 Å². The fourth-order valence-electron chi connectivity index (χ4n) is 3.52. The van der Waals surface area contributed by atoms with Crippen molar-refractivity contribution in [1.29, 1.82) is 0 Å². The van der Waals surface area contributed by atoms with Crippen LogP contribution in [0.5, 0.6) is 11.5 Å². The SMILES string of the molecule is Cc1cc(C)nc(-n2nc(C)cc2NC(=O)COC(=O)CCC(=O)c2ccc3c(c2)OCCO3)n1. The van der Waals surface area contributed by atoms with Gasteiger partial charge >= 0.3 is 5.97 Å². The average molecular weight is 479 g/mol. The monoisotopic (exact) mass is 479 g/mol. The number of Topliss-reactive ketones (excluding diaryl/α,β-unsaturated/α-hetero) is 1. The summed E-state index contributed by atoms with van der Waals surface area (Å²) in [5.41, 5.74) is 2.59. The third-order valence-electron chi connectivity index (χ3n) is 5.04. The molecule has 2 aromatic heterocycles. The number of hydrogen-bond donors (Lipinski definition) is 1. The predicted molar refractivity (Wildman–Crippen MR) is 124 cm³/mol. The van der Waals surface area contributed by atoms with Gasteiger partial charge in [0.25, 0.3) is 11.9 Å². The van der Waals surface area contributed by atoms with E-state index >= 15 is 0 Å². The van der Waals surface area contributed by atoms with Crippen LogP contribution in [0.3, 0.4) is 0 Å². The number of nitrogens with one attached hydrogen (secondary N) is 1. The van der Waals surface area contributed by atoms with E-state index in [1.807, 2.05) is 19.9 Å². The van der Waals surface area contributed by atoms with Crippen molar-refractivity contribution < 1.29 is 28.6 Å². The number of hydrogen-bond acceptors (Lipinski definition) is 9. The number of fused-ring (bicyclic) bond motifs is 1. The lowest BCUT2D eigenvalue weighted by molar-refractivity contribution is -0.147. The van der Waals surface area contributed by atoms with E-state index in [9.17, 15) is 14.4 Å². The maximum absolute atomic E-state index is 12.4. The summed E-state index contributed by atoms with van der Waals surface area (Å²) in [6.07, 6.45) is -0.218. The van der Waals surface area contributed by atoms with Crippen LogP contribution in [0.2, 0.25) is 0 Å². The predicted octanol–water partition coefficient (Wildman–Crippen LogP) is 2.50. The van der Waals surface area contributed by atoms with Gasteiger partial charge in [-0.25, -0.2) is 9.97 Å². The van der Waals surface area contributed by atoms with Crippen LogP contribution < -0.4 is 14.8 Å². The third kappa shape index (κ3) is 5.99. The van der Waals surface area contributed by atoms with Crippen LogP contribution in [0, 0.1) is 20.8 Å². The number of benzene rings is 1. The second kappa shape index (κ2) is 10.3. The summed E-state index contributed by atoms with van der Waals surface area (Å²) >= 11 is 0. The molecule has 3 heterocycles. The smallest absolute Gasteiger partial charge is 0.306 e. The lowest BCUT2D eigenvalue weighted by atomic mass is 10.1. The van der Waals surface area contributed by atoms with E-state index in [1.165, 1.54) is 4.68 Å². The zero-order valence-electron chi connectivity index (χ0n) is 19.7. The number of amides is 1. The molecule has 0 spiro atoms. The Morgan fingerprint density at radius 1 is 0.943 bits per heavy atom. The minimum atomic E-state index is -0.659. The fourth-order valence-corrected chi connectivity index (χ4v) is 3.52. The highest BCUT2D eigenvalue weighted by atomic mass is 16.6.